The molecule has 4 aromatic rings. The quantitative estimate of drug-likeness (QED) is 0.201. The van der Waals surface area contributed by atoms with Crippen LogP contribution < -0.4 is 10.5 Å². The van der Waals surface area contributed by atoms with Gasteiger partial charge in [-0.25, -0.2) is 9.24 Å². The molecule has 3 aromatic carbocycles. The highest BCUT2D eigenvalue weighted by atomic mass is 35.5. The average Bonchev–Trinajstić information content (AvgIpc) is 2.98. The molecule has 2 heterocycles. The van der Waals surface area contributed by atoms with Crippen LogP contribution in [0.3, 0.4) is 0 Å². The lowest BCUT2D eigenvalue weighted by molar-refractivity contribution is -0.126. The summed E-state index contributed by atoms with van der Waals surface area (Å²) in [7, 11) is 0. The molecule has 5 rings (SSSR count). The number of phenolic OH excluding ortho intramolecular Hbond substituents is 1. The van der Waals surface area contributed by atoms with Gasteiger partial charge >= 0.3 is 0 Å². The van der Waals surface area contributed by atoms with Gasteiger partial charge in [-0.1, -0.05) is 62.4 Å². The van der Waals surface area contributed by atoms with Gasteiger partial charge in [-0.05, 0) is 48.7 Å². The molecule has 1 aliphatic rings. The summed E-state index contributed by atoms with van der Waals surface area (Å²) in [6.07, 6.45) is 1.28. The van der Waals surface area contributed by atoms with Gasteiger partial charge in [-0.2, -0.15) is 0 Å². The van der Waals surface area contributed by atoms with E-state index in [1.54, 1.807) is 17.0 Å². The molecule has 0 saturated carbocycles. The van der Waals surface area contributed by atoms with E-state index in [4.69, 9.17) is 18.2 Å². The number of nitrogens with zero attached hydrogens (tertiary/aromatic N) is 4. The molecule has 1 N–H and O–H groups in total. The molecule has 1 amide bonds. The predicted molar refractivity (Wildman–Crippen MR) is 166 cm³/mol. The third-order valence-electron chi connectivity index (χ3n) is 7.79. The van der Waals surface area contributed by atoms with Gasteiger partial charge in [0.15, 0.2) is 11.6 Å². The van der Waals surface area contributed by atoms with Crippen molar-refractivity contribution in [3.05, 3.63) is 105 Å². The number of piperazine rings is 1. The molecule has 0 radical (unpaired) electrons. The van der Waals surface area contributed by atoms with Crippen LogP contribution in [-0.4, -0.2) is 46.2 Å². The zero-order chi connectivity index (χ0) is 30.3. The first kappa shape index (κ1) is 28.9. The van der Waals surface area contributed by atoms with Gasteiger partial charge < -0.3 is 14.9 Å². The third kappa shape index (κ3) is 4.80. The van der Waals surface area contributed by atoms with Gasteiger partial charge in [0.05, 0.1) is 23.5 Å². The van der Waals surface area contributed by atoms with Crippen molar-refractivity contribution in [1.82, 2.24) is 9.47 Å². The Morgan fingerprint density at radius 2 is 1.90 bits per heavy atom. The molecule has 0 bridgehead atoms. The molecule has 1 aromatic heterocycles. The molecular weight excluding hydrogens is 555 g/mol. The number of benzene rings is 3. The number of rotatable bonds is 5. The zero-order valence-corrected chi connectivity index (χ0v) is 24.3. The number of aromatic nitrogens is 1. The van der Waals surface area contributed by atoms with Crippen molar-refractivity contribution in [2.45, 2.75) is 32.7 Å². The topological polar surface area (TPSA) is 70.1 Å². The van der Waals surface area contributed by atoms with Crippen LogP contribution in [0.5, 0.6) is 5.75 Å². The minimum atomic E-state index is -0.829. The second kappa shape index (κ2) is 11.3. The van der Waals surface area contributed by atoms with Crippen molar-refractivity contribution < 1.29 is 14.3 Å². The first-order chi connectivity index (χ1) is 20.1. The van der Waals surface area contributed by atoms with E-state index in [1.807, 2.05) is 49.9 Å². The fraction of sp³-hybridized carbons (Fsp3) is 0.242. The number of fused-ring (bicyclic) bond motifs is 1. The summed E-state index contributed by atoms with van der Waals surface area (Å²) in [6.45, 7) is 18.8. The number of pyridine rings is 1. The highest BCUT2D eigenvalue weighted by Crippen LogP contribution is 2.43. The van der Waals surface area contributed by atoms with Crippen LogP contribution in [0.2, 0.25) is 5.02 Å². The van der Waals surface area contributed by atoms with Gasteiger partial charge in [-0.15, -0.1) is 0 Å². The Bertz CT molecular complexity index is 1840. The Kier molecular flexibility index (Phi) is 7.81. The van der Waals surface area contributed by atoms with E-state index in [-0.39, 0.29) is 34.1 Å². The second-order valence-electron chi connectivity index (χ2n) is 10.7. The summed E-state index contributed by atoms with van der Waals surface area (Å²) in [5.74, 6) is -1.47. The van der Waals surface area contributed by atoms with Crippen LogP contribution in [0.15, 0.2) is 72.0 Å². The number of halogens is 2. The SMILES string of the molecule is [C-]#[N+]c1c(N2CCN(C(=O)C=C)C[C@@H]2C)c2cc(Cl)c(-c3cccc(O)c3F)cc2n(-c2ccccc2C(C)C)c1=O. The van der Waals surface area contributed by atoms with Crippen LogP contribution in [0.1, 0.15) is 32.3 Å². The maximum Gasteiger partial charge on any atom is 0.274 e. The van der Waals surface area contributed by atoms with Crippen molar-refractivity contribution in [2.24, 2.45) is 0 Å². The van der Waals surface area contributed by atoms with Gasteiger partial charge in [0.25, 0.3) is 11.2 Å². The Balaban J connectivity index is 1.88. The van der Waals surface area contributed by atoms with Crippen molar-refractivity contribution in [2.75, 3.05) is 24.5 Å². The minimum Gasteiger partial charge on any atom is -0.505 e. The lowest BCUT2D eigenvalue weighted by Gasteiger charge is -2.42. The maximum absolute atomic E-state index is 15.1. The number of anilines is 1. The van der Waals surface area contributed by atoms with Crippen molar-refractivity contribution in [1.29, 1.82) is 0 Å². The highest BCUT2D eigenvalue weighted by molar-refractivity contribution is 6.34. The monoisotopic (exact) mass is 584 g/mol. The number of amides is 1. The second-order valence-corrected chi connectivity index (χ2v) is 11.1. The van der Waals surface area contributed by atoms with Crippen LogP contribution in [0.25, 0.3) is 32.6 Å². The molecule has 0 spiro atoms. The number of aromatic hydroxyl groups is 1. The van der Waals surface area contributed by atoms with Gasteiger partial charge in [0.1, 0.15) is 0 Å². The van der Waals surface area contributed by atoms with Crippen molar-refractivity contribution in [3.63, 3.8) is 0 Å². The number of hydrogen-bond acceptors (Lipinski definition) is 4. The molecule has 42 heavy (non-hydrogen) atoms. The largest absolute Gasteiger partial charge is 0.505 e. The summed E-state index contributed by atoms with van der Waals surface area (Å²) in [5, 5.41) is 10.8. The van der Waals surface area contributed by atoms with E-state index >= 15 is 4.39 Å². The van der Waals surface area contributed by atoms with Crippen LogP contribution in [-0.2, 0) is 4.79 Å². The van der Waals surface area contributed by atoms with E-state index in [2.05, 4.69) is 11.4 Å². The van der Waals surface area contributed by atoms with Crippen LogP contribution in [0, 0.1) is 12.4 Å². The average molecular weight is 585 g/mol. The van der Waals surface area contributed by atoms with E-state index in [0.29, 0.717) is 47.5 Å². The predicted octanol–water partition coefficient (Wildman–Crippen LogP) is 7.05. The Morgan fingerprint density at radius 3 is 2.57 bits per heavy atom. The number of para-hydroxylation sites is 1. The number of phenols is 1. The minimum absolute atomic E-state index is 0.0602. The molecule has 9 heteroatoms. The standard InChI is InChI=1S/C33H30ClFN4O3/c1-6-29(41)37-14-15-38(20(4)18-37)32-24-16-25(34)23(22-11-9-13-28(40)30(22)35)17-27(24)39(33(42)31(32)36-5)26-12-8-7-10-21(26)19(2)3/h6-13,16-17,19-20,40H,1,14-15,18H2,2-4H3/t20-/m0/s1. The molecule has 1 saturated heterocycles. The lowest BCUT2D eigenvalue weighted by atomic mass is 9.98. The Labute approximate surface area is 248 Å². The lowest BCUT2D eigenvalue weighted by Crippen LogP contribution is -2.53. The summed E-state index contributed by atoms with van der Waals surface area (Å²) < 4.78 is 16.7. The fourth-order valence-electron chi connectivity index (χ4n) is 5.74. The van der Waals surface area contributed by atoms with Crippen LogP contribution >= 0.6 is 11.6 Å². The Hall–Kier alpha value is -4.61. The molecule has 0 aliphatic carbocycles. The number of carbonyl (C=O) groups excluding carboxylic acids is 1. The molecule has 7 nitrogen and oxygen atoms in total. The first-order valence-electron chi connectivity index (χ1n) is 13.6. The molecule has 0 unspecified atom stereocenters. The number of carbonyl (C=O) groups is 1. The number of hydrogen-bond donors (Lipinski definition) is 1. The van der Waals surface area contributed by atoms with Gasteiger partial charge in [0, 0.05) is 47.2 Å². The summed E-state index contributed by atoms with van der Waals surface area (Å²) in [6, 6.07) is 14.8. The molecule has 214 valence electrons. The van der Waals surface area contributed by atoms with E-state index in [9.17, 15) is 14.7 Å². The highest BCUT2D eigenvalue weighted by Gasteiger charge is 2.31. The summed E-state index contributed by atoms with van der Waals surface area (Å²) in [5.41, 5.74) is 2.17. The Morgan fingerprint density at radius 1 is 1.17 bits per heavy atom. The first-order valence-corrected chi connectivity index (χ1v) is 14.0. The van der Waals surface area contributed by atoms with E-state index in [1.165, 1.54) is 28.8 Å². The molecular formula is C33H30ClFN4O3. The third-order valence-corrected chi connectivity index (χ3v) is 8.11. The van der Waals surface area contributed by atoms with Gasteiger partial charge in [0.2, 0.25) is 5.91 Å². The summed E-state index contributed by atoms with van der Waals surface area (Å²) in [4.78, 5) is 34.0. The smallest absolute Gasteiger partial charge is 0.274 e. The van der Waals surface area contributed by atoms with Crippen LogP contribution in [0.4, 0.5) is 15.8 Å². The molecule has 1 atom stereocenters. The van der Waals surface area contributed by atoms with E-state index < -0.39 is 17.1 Å². The molecule has 1 fully saturated rings. The van der Waals surface area contributed by atoms with E-state index in [0.717, 1.165) is 5.56 Å². The maximum atomic E-state index is 15.1. The normalized spacial score (nSPS) is 15.2. The molecule has 1 aliphatic heterocycles. The van der Waals surface area contributed by atoms with Crippen molar-refractivity contribution >= 4 is 39.8 Å². The zero-order valence-electron chi connectivity index (χ0n) is 23.6. The van der Waals surface area contributed by atoms with Crippen molar-refractivity contribution in [3.8, 4) is 22.6 Å². The summed E-state index contributed by atoms with van der Waals surface area (Å²) >= 11 is 6.81. The van der Waals surface area contributed by atoms with Gasteiger partial charge in [-0.3, -0.25) is 14.2 Å². The fourth-order valence-corrected chi connectivity index (χ4v) is 6.01.